The number of hydrogen-bond donors (Lipinski definition) is 1. The van der Waals surface area contributed by atoms with Crippen molar-refractivity contribution in [3.8, 4) is 0 Å². The van der Waals surface area contributed by atoms with Gasteiger partial charge in [0.05, 0.1) is 19.6 Å². The molecule has 0 aromatic heterocycles. The number of nitrogens with zero attached hydrogens (tertiary/aromatic N) is 1. The summed E-state index contributed by atoms with van der Waals surface area (Å²) in [4.78, 5) is 0. The standard InChI is InChI=1S/C13H22N.C7H9N/c1-4-14(5-2,6-3)12-13-10-8-7-9-11-13;8-6-7-4-2-1-3-5-7/h7-11H,4-6,12H2,1-3H3;1-5H,6,8H2/q+1;. The first kappa shape index (κ1) is 18.4. The molecule has 0 bridgehead atoms. The highest BCUT2D eigenvalue weighted by Gasteiger charge is 2.20. The van der Waals surface area contributed by atoms with E-state index in [0.717, 1.165) is 0 Å². The summed E-state index contributed by atoms with van der Waals surface area (Å²) in [6, 6.07) is 20.8. The molecule has 0 radical (unpaired) electrons. The minimum Gasteiger partial charge on any atom is -0.326 e. The van der Waals surface area contributed by atoms with Gasteiger partial charge in [0.25, 0.3) is 0 Å². The van der Waals surface area contributed by atoms with Crippen molar-refractivity contribution in [2.45, 2.75) is 33.9 Å². The van der Waals surface area contributed by atoms with Crippen LogP contribution in [0, 0.1) is 0 Å². The number of rotatable bonds is 6. The summed E-state index contributed by atoms with van der Waals surface area (Å²) in [5.41, 5.74) is 7.99. The smallest absolute Gasteiger partial charge is 0.104 e. The summed E-state index contributed by atoms with van der Waals surface area (Å²) in [5, 5.41) is 0. The van der Waals surface area contributed by atoms with Gasteiger partial charge < -0.3 is 10.2 Å². The molecule has 0 heterocycles. The van der Waals surface area contributed by atoms with Crippen LogP contribution in [0.1, 0.15) is 31.9 Å². The maximum absolute atomic E-state index is 5.35. The summed E-state index contributed by atoms with van der Waals surface area (Å²) in [7, 11) is 0. The van der Waals surface area contributed by atoms with Gasteiger partial charge >= 0.3 is 0 Å². The largest absolute Gasteiger partial charge is 0.326 e. The van der Waals surface area contributed by atoms with Gasteiger partial charge in [0, 0.05) is 12.1 Å². The van der Waals surface area contributed by atoms with Crippen LogP contribution in [0.5, 0.6) is 0 Å². The lowest BCUT2D eigenvalue weighted by Crippen LogP contribution is -2.46. The van der Waals surface area contributed by atoms with Crippen LogP contribution in [0.3, 0.4) is 0 Å². The van der Waals surface area contributed by atoms with E-state index in [1.807, 2.05) is 30.3 Å². The van der Waals surface area contributed by atoms with Crippen LogP contribution >= 0.6 is 0 Å². The van der Waals surface area contributed by atoms with Gasteiger partial charge in [-0.25, -0.2) is 0 Å². The fourth-order valence-corrected chi connectivity index (χ4v) is 2.59. The van der Waals surface area contributed by atoms with Crippen molar-refractivity contribution < 1.29 is 4.48 Å². The van der Waals surface area contributed by atoms with E-state index in [9.17, 15) is 0 Å². The van der Waals surface area contributed by atoms with E-state index in [4.69, 9.17) is 5.73 Å². The van der Waals surface area contributed by atoms with Crippen LogP contribution in [0.15, 0.2) is 60.7 Å². The van der Waals surface area contributed by atoms with Crippen molar-refractivity contribution in [3.63, 3.8) is 0 Å². The topological polar surface area (TPSA) is 26.0 Å². The van der Waals surface area contributed by atoms with E-state index >= 15 is 0 Å². The molecular formula is C20H31N2+. The molecule has 0 saturated heterocycles. The van der Waals surface area contributed by atoms with Crippen LogP contribution < -0.4 is 5.73 Å². The summed E-state index contributed by atoms with van der Waals surface area (Å²) in [6.07, 6.45) is 0. The third-order valence-corrected chi connectivity index (χ3v) is 4.45. The fourth-order valence-electron chi connectivity index (χ4n) is 2.59. The van der Waals surface area contributed by atoms with Gasteiger partial charge in [-0.05, 0) is 26.3 Å². The van der Waals surface area contributed by atoms with Crippen molar-refractivity contribution in [1.82, 2.24) is 0 Å². The monoisotopic (exact) mass is 299 g/mol. The molecule has 22 heavy (non-hydrogen) atoms. The van der Waals surface area contributed by atoms with Crippen LogP contribution in [-0.4, -0.2) is 24.1 Å². The van der Waals surface area contributed by atoms with E-state index in [0.29, 0.717) is 6.54 Å². The van der Waals surface area contributed by atoms with E-state index in [-0.39, 0.29) is 0 Å². The molecule has 0 amide bonds. The molecule has 0 saturated carbocycles. The van der Waals surface area contributed by atoms with Gasteiger partial charge in [0.1, 0.15) is 6.54 Å². The van der Waals surface area contributed by atoms with Crippen LogP contribution in [-0.2, 0) is 13.1 Å². The Bertz CT molecular complexity index is 481. The molecule has 0 aliphatic rings. The SMILES string of the molecule is CC[N+](CC)(CC)Cc1ccccc1.NCc1ccccc1. The highest BCUT2D eigenvalue weighted by Crippen LogP contribution is 2.13. The Morgan fingerprint density at radius 2 is 1.09 bits per heavy atom. The van der Waals surface area contributed by atoms with Crippen LogP contribution in [0.4, 0.5) is 0 Å². The molecule has 0 atom stereocenters. The Hall–Kier alpha value is -1.64. The second-order valence-corrected chi connectivity index (χ2v) is 5.62. The molecule has 120 valence electrons. The number of benzene rings is 2. The quantitative estimate of drug-likeness (QED) is 0.795. The lowest BCUT2D eigenvalue weighted by molar-refractivity contribution is -0.936. The Kier molecular flexibility index (Phi) is 8.49. The van der Waals surface area contributed by atoms with Gasteiger partial charge in [0.2, 0.25) is 0 Å². The van der Waals surface area contributed by atoms with E-state index < -0.39 is 0 Å². The van der Waals surface area contributed by atoms with Crippen LogP contribution in [0.2, 0.25) is 0 Å². The molecule has 2 nitrogen and oxygen atoms in total. The first-order valence-corrected chi connectivity index (χ1v) is 8.32. The van der Waals surface area contributed by atoms with Crippen molar-refractivity contribution in [2.75, 3.05) is 19.6 Å². The Balaban J connectivity index is 0.000000255. The van der Waals surface area contributed by atoms with Crippen LogP contribution in [0.25, 0.3) is 0 Å². The molecule has 0 fully saturated rings. The maximum Gasteiger partial charge on any atom is 0.104 e. The Labute approximate surface area is 136 Å². The van der Waals surface area contributed by atoms with Gasteiger partial charge in [-0.1, -0.05) is 60.7 Å². The van der Waals surface area contributed by atoms with E-state index in [2.05, 4.69) is 51.1 Å². The highest BCUT2D eigenvalue weighted by molar-refractivity contribution is 5.14. The van der Waals surface area contributed by atoms with Gasteiger partial charge in [-0.3, -0.25) is 0 Å². The Morgan fingerprint density at radius 3 is 1.41 bits per heavy atom. The second-order valence-electron chi connectivity index (χ2n) is 5.62. The number of quaternary nitrogens is 1. The molecule has 2 rings (SSSR count). The average molecular weight is 299 g/mol. The maximum atomic E-state index is 5.35. The zero-order valence-corrected chi connectivity index (χ0v) is 14.3. The lowest BCUT2D eigenvalue weighted by atomic mass is 10.2. The first-order valence-electron chi connectivity index (χ1n) is 8.32. The zero-order chi connectivity index (χ0) is 16.3. The molecule has 0 unspecified atom stereocenters. The molecule has 2 heteroatoms. The normalized spacial score (nSPS) is 10.7. The molecule has 0 spiro atoms. The minimum absolute atomic E-state index is 0.640. The van der Waals surface area contributed by atoms with Gasteiger partial charge in [-0.15, -0.1) is 0 Å². The summed E-state index contributed by atoms with van der Waals surface area (Å²) in [6.45, 7) is 12.3. The molecular weight excluding hydrogens is 268 g/mol. The third-order valence-electron chi connectivity index (χ3n) is 4.45. The predicted molar refractivity (Wildman–Crippen MR) is 96.4 cm³/mol. The second kappa shape index (κ2) is 10.1. The van der Waals surface area contributed by atoms with Crippen molar-refractivity contribution >= 4 is 0 Å². The van der Waals surface area contributed by atoms with Gasteiger partial charge in [0.15, 0.2) is 0 Å². The minimum atomic E-state index is 0.640. The number of hydrogen-bond acceptors (Lipinski definition) is 1. The third kappa shape index (κ3) is 6.00. The molecule has 0 aliphatic heterocycles. The zero-order valence-electron chi connectivity index (χ0n) is 14.3. The van der Waals surface area contributed by atoms with E-state index in [1.165, 1.54) is 41.8 Å². The molecule has 0 aliphatic carbocycles. The lowest BCUT2D eigenvalue weighted by Gasteiger charge is -2.35. The summed E-state index contributed by atoms with van der Waals surface area (Å²) >= 11 is 0. The molecule has 2 aromatic rings. The first-order chi connectivity index (χ1) is 10.7. The van der Waals surface area contributed by atoms with Crippen molar-refractivity contribution in [1.29, 1.82) is 0 Å². The summed E-state index contributed by atoms with van der Waals surface area (Å²) in [5.74, 6) is 0. The summed E-state index contributed by atoms with van der Waals surface area (Å²) < 4.78 is 1.20. The van der Waals surface area contributed by atoms with Crippen molar-refractivity contribution in [2.24, 2.45) is 5.73 Å². The van der Waals surface area contributed by atoms with Crippen molar-refractivity contribution in [3.05, 3.63) is 71.8 Å². The average Bonchev–Trinajstić information content (AvgIpc) is 2.62. The number of nitrogens with two attached hydrogens (primary N) is 1. The van der Waals surface area contributed by atoms with Gasteiger partial charge in [-0.2, -0.15) is 0 Å². The predicted octanol–water partition coefficient (Wildman–Crippen LogP) is 4.21. The Morgan fingerprint density at radius 1 is 0.682 bits per heavy atom. The highest BCUT2D eigenvalue weighted by atomic mass is 15.3. The molecule has 2 aromatic carbocycles. The fraction of sp³-hybridized carbons (Fsp3) is 0.400. The van der Waals surface area contributed by atoms with E-state index in [1.54, 1.807) is 0 Å². The molecule has 2 N–H and O–H groups in total.